The minimum absolute atomic E-state index is 0.0166. The summed E-state index contributed by atoms with van der Waals surface area (Å²) in [5.74, 6) is -0.358. The number of carbonyl (C=O) groups is 1. The fraction of sp³-hybridized carbons (Fsp3) is 0.423. The lowest BCUT2D eigenvalue weighted by Gasteiger charge is -2.42. The predicted octanol–water partition coefficient (Wildman–Crippen LogP) is 4.22. The van der Waals surface area contributed by atoms with Crippen LogP contribution in [0.25, 0.3) is 0 Å². The number of aliphatic hydroxyl groups excluding tert-OH is 2. The third-order valence-electron chi connectivity index (χ3n) is 6.91. The molecule has 0 unspecified atom stereocenters. The third kappa shape index (κ3) is 5.08. The molecule has 0 amide bonds. The predicted molar refractivity (Wildman–Crippen MR) is 129 cm³/mol. The van der Waals surface area contributed by atoms with Crippen molar-refractivity contribution >= 4 is 24.7 Å². The van der Waals surface area contributed by atoms with E-state index in [1.165, 1.54) is 6.92 Å². The van der Waals surface area contributed by atoms with Crippen molar-refractivity contribution in [2.45, 2.75) is 51.5 Å². The van der Waals surface area contributed by atoms with Gasteiger partial charge in [-0.25, -0.2) is 0 Å². The number of esters is 1. The Hall–Kier alpha value is -2.57. The van der Waals surface area contributed by atoms with Gasteiger partial charge in [0.1, 0.15) is 11.5 Å². The van der Waals surface area contributed by atoms with E-state index in [0.29, 0.717) is 12.8 Å². The summed E-state index contributed by atoms with van der Waals surface area (Å²) in [6.45, 7) is 5.84. The smallest absolute Gasteiger partial charge is 0.302 e. The van der Waals surface area contributed by atoms with Crippen molar-refractivity contribution in [1.29, 1.82) is 0 Å². The van der Waals surface area contributed by atoms with E-state index in [9.17, 15) is 19.8 Å². The van der Waals surface area contributed by atoms with Crippen LogP contribution < -0.4 is 10.4 Å². The zero-order valence-electron chi connectivity index (χ0n) is 19.1. The molecule has 2 aromatic rings. The second-order valence-electron chi connectivity index (χ2n) is 9.49. The van der Waals surface area contributed by atoms with Crippen LogP contribution in [0.3, 0.4) is 0 Å². The molecule has 0 spiro atoms. The Morgan fingerprint density at radius 3 is 1.88 bits per heavy atom. The van der Waals surface area contributed by atoms with Crippen LogP contribution in [-0.4, -0.2) is 35.9 Å². The first-order chi connectivity index (χ1) is 15.1. The first-order valence-electron chi connectivity index (χ1n) is 11.2. The minimum atomic E-state index is -3.11. The fourth-order valence-corrected chi connectivity index (χ4v) is 8.61. The van der Waals surface area contributed by atoms with Gasteiger partial charge in [-0.1, -0.05) is 74.5 Å². The summed E-state index contributed by atoms with van der Waals surface area (Å²) in [7, 11) is -3.11. The van der Waals surface area contributed by atoms with Crippen LogP contribution in [0, 0.1) is 11.8 Å². The van der Waals surface area contributed by atoms with Crippen LogP contribution in [0.1, 0.15) is 46.5 Å². The Morgan fingerprint density at radius 1 is 0.938 bits per heavy atom. The second kappa shape index (κ2) is 9.92. The molecular formula is C26H34O5Si. The molecule has 0 fully saturated rings. The number of hydrogen-bond donors (Lipinski definition) is 3. The molecule has 0 aliphatic heterocycles. The number of rotatable bonds is 8. The van der Waals surface area contributed by atoms with Gasteiger partial charge in [-0.3, -0.25) is 4.79 Å². The molecule has 32 heavy (non-hydrogen) atoms. The van der Waals surface area contributed by atoms with Crippen molar-refractivity contribution < 1.29 is 24.5 Å². The Kier molecular flexibility index (Phi) is 7.46. The Balaban J connectivity index is 1.87. The molecule has 0 heterocycles. The normalized spacial score (nSPS) is 19.6. The van der Waals surface area contributed by atoms with Crippen LogP contribution in [0.2, 0.25) is 5.04 Å². The minimum Gasteiger partial charge on any atom is -0.509 e. The summed E-state index contributed by atoms with van der Waals surface area (Å²) in [5.41, 5.74) is 0. The van der Waals surface area contributed by atoms with Gasteiger partial charge in [0, 0.05) is 25.7 Å². The molecule has 2 aromatic carbocycles. The monoisotopic (exact) mass is 454 g/mol. The lowest BCUT2D eigenvalue weighted by atomic mass is 9.78. The summed E-state index contributed by atoms with van der Waals surface area (Å²) >= 11 is 0. The number of ether oxygens (including phenoxy) is 1. The van der Waals surface area contributed by atoms with E-state index >= 15 is 0 Å². The van der Waals surface area contributed by atoms with Crippen LogP contribution >= 0.6 is 0 Å². The van der Waals surface area contributed by atoms with Crippen molar-refractivity contribution in [3.63, 3.8) is 0 Å². The van der Waals surface area contributed by atoms with Gasteiger partial charge in [0.15, 0.2) is 0 Å². The van der Waals surface area contributed by atoms with Crippen molar-refractivity contribution in [2.24, 2.45) is 11.8 Å². The number of hydrogen-bond acceptors (Lipinski definition) is 5. The highest BCUT2D eigenvalue weighted by Gasteiger charge is 2.50. The standard InChI is InChI=1S/C26H34O5Si/c1-19(27)31-18-21-17-25(29)24(28)16-20(21)14-15-26(2,3)32(30,22-10-6-4-7-11-22)23-12-8-5-9-13-23/h4-13,20-21,28-30H,14-18H2,1-3H3/t20-,21-/m1/s1. The van der Waals surface area contributed by atoms with E-state index in [1.54, 1.807) is 0 Å². The Labute approximate surface area is 191 Å². The molecule has 1 aliphatic rings. The van der Waals surface area contributed by atoms with Gasteiger partial charge in [0.25, 0.3) is 8.32 Å². The first-order valence-corrected chi connectivity index (χ1v) is 13.2. The fourth-order valence-electron chi connectivity index (χ4n) is 4.86. The van der Waals surface area contributed by atoms with Gasteiger partial charge in [0.05, 0.1) is 6.61 Å². The molecule has 0 bridgehead atoms. The average molecular weight is 455 g/mol. The largest absolute Gasteiger partial charge is 0.509 e. The van der Waals surface area contributed by atoms with Crippen LogP contribution in [0.4, 0.5) is 0 Å². The summed E-state index contributed by atoms with van der Waals surface area (Å²) < 4.78 is 5.24. The maximum atomic E-state index is 12.3. The molecule has 0 radical (unpaired) electrons. The number of aliphatic hydroxyl groups is 2. The van der Waals surface area contributed by atoms with Crippen LogP contribution in [0.15, 0.2) is 72.2 Å². The molecule has 0 saturated carbocycles. The summed E-state index contributed by atoms with van der Waals surface area (Å²) in [5, 5.41) is 21.7. The average Bonchev–Trinajstić information content (AvgIpc) is 2.79. The summed E-state index contributed by atoms with van der Waals surface area (Å²) in [4.78, 5) is 23.6. The second-order valence-corrected chi connectivity index (χ2v) is 13.4. The lowest BCUT2D eigenvalue weighted by molar-refractivity contribution is -0.143. The summed E-state index contributed by atoms with van der Waals surface area (Å²) in [6.07, 6.45) is 2.12. The maximum absolute atomic E-state index is 12.3. The molecule has 172 valence electrons. The molecule has 0 saturated heterocycles. The Bertz CT molecular complexity index is 900. The van der Waals surface area contributed by atoms with Gasteiger partial charge in [-0.05, 0) is 34.2 Å². The molecule has 3 N–H and O–H groups in total. The van der Waals surface area contributed by atoms with Crippen molar-refractivity contribution in [2.75, 3.05) is 6.61 Å². The maximum Gasteiger partial charge on any atom is 0.302 e. The van der Waals surface area contributed by atoms with Crippen molar-refractivity contribution in [3.8, 4) is 0 Å². The van der Waals surface area contributed by atoms with E-state index in [-0.39, 0.29) is 35.9 Å². The molecule has 2 atom stereocenters. The molecule has 5 nitrogen and oxygen atoms in total. The van der Waals surface area contributed by atoms with Crippen molar-refractivity contribution in [1.82, 2.24) is 0 Å². The third-order valence-corrected chi connectivity index (χ3v) is 11.5. The molecular weight excluding hydrogens is 420 g/mol. The SMILES string of the molecule is CC(=O)OC[C@H]1CC(O)=C(O)C[C@H]1CCC(C)(C)[Si](O)(c1ccccc1)c1ccccc1. The van der Waals surface area contributed by atoms with Gasteiger partial charge < -0.3 is 19.7 Å². The molecule has 3 rings (SSSR count). The number of carbonyl (C=O) groups excluding carboxylic acids is 1. The van der Waals surface area contributed by atoms with Crippen LogP contribution in [0.5, 0.6) is 0 Å². The molecule has 1 aliphatic carbocycles. The van der Waals surface area contributed by atoms with E-state index < -0.39 is 13.4 Å². The quantitative estimate of drug-likeness (QED) is 0.411. The van der Waals surface area contributed by atoms with Gasteiger partial charge in [-0.2, -0.15) is 0 Å². The van der Waals surface area contributed by atoms with Gasteiger partial charge in [0.2, 0.25) is 0 Å². The Morgan fingerprint density at radius 2 is 1.41 bits per heavy atom. The van der Waals surface area contributed by atoms with Crippen molar-refractivity contribution in [3.05, 3.63) is 72.2 Å². The highest BCUT2D eigenvalue weighted by molar-refractivity contribution is 6.98. The number of allylic oxidation sites excluding steroid dienone is 2. The number of benzene rings is 2. The molecule has 6 heteroatoms. The molecule has 0 aromatic heterocycles. The zero-order valence-corrected chi connectivity index (χ0v) is 20.1. The highest BCUT2D eigenvalue weighted by Crippen LogP contribution is 2.44. The zero-order chi connectivity index (χ0) is 23.4. The topological polar surface area (TPSA) is 87.0 Å². The van der Waals surface area contributed by atoms with E-state index in [1.807, 2.05) is 60.7 Å². The van der Waals surface area contributed by atoms with Gasteiger partial charge >= 0.3 is 5.97 Å². The van der Waals surface area contributed by atoms with Gasteiger partial charge in [-0.15, -0.1) is 0 Å². The first kappa shape index (κ1) is 24.1. The van der Waals surface area contributed by atoms with E-state index in [4.69, 9.17) is 4.74 Å². The highest BCUT2D eigenvalue weighted by atomic mass is 28.4. The summed E-state index contributed by atoms with van der Waals surface area (Å²) in [6, 6.07) is 19.8. The van der Waals surface area contributed by atoms with E-state index in [0.717, 1.165) is 23.2 Å². The van der Waals surface area contributed by atoms with Crippen LogP contribution in [-0.2, 0) is 9.53 Å². The van der Waals surface area contributed by atoms with E-state index in [2.05, 4.69) is 13.8 Å². The lowest BCUT2D eigenvalue weighted by Crippen LogP contribution is -2.65.